The van der Waals surface area contributed by atoms with Gasteiger partial charge in [0.1, 0.15) is 11.5 Å². The third kappa shape index (κ3) is 4.47. The first-order valence-corrected chi connectivity index (χ1v) is 7.58. The van der Waals surface area contributed by atoms with Gasteiger partial charge in [-0.2, -0.15) is 0 Å². The third-order valence-corrected chi connectivity index (χ3v) is 3.72. The minimum absolute atomic E-state index is 0. The number of carbonyl (C=O) groups excluding carboxylic acids is 1. The second-order valence-corrected chi connectivity index (χ2v) is 5.55. The number of ether oxygens (including phenoxy) is 1. The summed E-state index contributed by atoms with van der Waals surface area (Å²) in [6.45, 7) is 4.41. The smallest absolute Gasteiger partial charge is 0.254 e. The number of hydrogen-bond donors (Lipinski definition) is 1. The van der Waals surface area contributed by atoms with E-state index < -0.39 is 0 Å². The van der Waals surface area contributed by atoms with Crippen molar-refractivity contribution < 1.29 is 9.53 Å². The second kappa shape index (κ2) is 7.99. The van der Waals surface area contributed by atoms with Crippen LogP contribution in [-0.4, -0.2) is 36.5 Å². The van der Waals surface area contributed by atoms with Crippen molar-refractivity contribution in [2.75, 3.05) is 19.6 Å². The number of para-hydroxylation sites is 1. The molecule has 1 heterocycles. The summed E-state index contributed by atoms with van der Waals surface area (Å²) in [5.41, 5.74) is 0.669. The maximum absolute atomic E-state index is 12.6. The second-order valence-electron chi connectivity index (χ2n) is 5.55. The predicted molar refractivity (Wildman–Crippen MR) is 93.6 cm³/mol. The summed E-state index contributed by atoms with van der Waals surface area (Å²) in [4.78, 5) is 14.5. The van der Waals surface area contributed by atoms with Crippen molar-refractivity contribution in [3.8, 4) is 11.5 Å². The fourth-order valence-electron chi connectivity index (χ4n) is 2.62. The summed E-state index contributed by atoms with van der Waals surface area (Å²) >= 11 is 0. The molecule has 0 saturated carbocycles. The van der Waals surface area contributed by atoms with E-state index in [2.05, 4.69) is 12.2 Å². The van der Waals surface area contributed by atoms with E-state index >= 15 is 0 Å². The van der Waals surface area contributed by atoms with Crippen LogP contribution in [0, 0.1) is 0 Å². The molecular formula is C18H21ClN2O2. The fourth-order valence-corrected chi connectivity index (χ4v) is 2.62. The molecule has 2 aromatic rings. The van der Waals surface area contributed by atoms with Crippen LogP contribution in [0.5, 0.6) is 11.5 Å². The predicted octanol–water partition coefficient (Wildman–Crippen LogP) is 3.33. The molecule has 0 radical (unpaired) electrons. The summed E-state index contributed by atoms with van der Waals surface area (Å²) in [5, 5.41) is 3.34. The fraction of sp³-hybridized carbons (Fsp3) is 0.278. The van der Waals surface area contributed by atoms with Gasteiger partial charge in [-0.25, -0.2) is 0 Å². The molecule has 0 aliphatic carbocycles. The van der Waals surface area contributed by atoms with Crippen molar-refractivity contribution in [3.63, 3.8) is 0 Å². The summed E-state index contributed by atoms with van der Waals surface area (Å²) in [6, 6.07) is 17.3. The Labute approximate surface area is 142 Å². The quantitative estimate of drug-likeness (QED) is 0.937. The maximum atomic E-state index is 12.6. The van der Waals surface area contributed by atoms with E-state index in [-0.39, 0.29) is 18.3 Å². The van der Waals surface area contributed by atoms with Gasteiger partial charge >= 0.3 is 0 Å². The Morgan fingerprint density at radius 2 is 1.87 bits per heavy atom. The lowest BCUT2D eigenvalue weighted by molar-refractivity contribution is 0.0709. The Balaban J connectivity index is 0.00000192. The lowest BCUT2D eigenvalue weighted by Crippen LogP contribution is -2.51. The molecule has 2 aromatic carbocycles. The number of carbonyl (C=O) groups is 1. The van der Waals surface area contributed by atoms with Gasteiger partial charge in [-0.1, -0.05) is 24.3 Å². The molecule has 0 bridgehead atoms. The first-order valence-electron chi connectivity index (χ1n) is 7.58. The number of halogens is 1. The number of benzene rings is 2. The van der Waals surface area contributed by atoms with E-state index in [0.29, 0.717) is 17.4 Å². The number of amides is 1. The molecule has 1 unspecified atom stereocenters. The van der Waals surface area contributed by atoms with Crippen LogP contribution in [0.3, 0.4) is 0 Å². The van der Waals surface area contributed by atoms with Crippen molar-refractivity contribution in [1.29, 1.82) is 0 Å². The minimum Gasteiger partial charge on any atom is -0.457 e. The van der Waals surface area contributed by atoms with Gasteiger partial charge in [0.05, 0.1) is 0 Å². The van der Waals surface area contributed by atoms with Crippen LogP contribution in [0.15, 0.2) is 54.6 Å². The van der Waals surface area contributed by atoms with E-state index in [1.807, 2.05) is 59.5 Å². The Morgan fingerprint density at radius 1 is 1.13 bits per heavy atom. The van der Waals surface area contributed by atoms with Gasteiger partial charge < -0.3 is 15.0 Å². The van der Waals surface area contributed by atoms with Crippen LogP contribution in [0.2, 0.25) is 0 Å². The highest BCUT2D eigenvalue weighted by molar-refractivity contribution is 5.94. The molecule has 1 aliphatic rings. The van der Waals surface area contributed by atoms with E-state index in [9.17, 15) is 4.79 Å². The van der Waals surface area contributed by atoms with Gasteiger partial charge in [0, 0.05) is 31.2 Å². The van der Waals surface area contributed by atoms with Crippen LogP contribution in [0.1, 0.15) is 17.3 Å². The molecule has 0 aromatic heterocycles. The minimum atomic E-state index is 0. The summed E-state index contributed by atoms with van der Waals surface area (Å²) in [7, 11) is 0. The number of piperazine rings is 1. The van der Waals surface area contributed by atoms with Crippen molar-refractivity contribution in [1.82, 2.24) is 10.2 Å². The highest BCUT2D eigenvalue weighted by Crippen LogP contribution is 2.22. The van der Waals surface area contributed by atoms with Crippen molar-refractivity contribution in [3.05, 3.63) is 60.2 Å². The monoisotopic (exact) mass is 332 g/mol. The molecular weight excluding hydrogens is 312 g/mol. The lowest BCUT2D eigenvalue weighted by Gasteiger charge is -2.32. The zero-order valence-electron chi connectivity index (χ0n) is 13.1. The van der Waals surface area contributed by atoms with Gasteiger partial charge in [0.25, 0.3) is 5.91 Å². The molecule has 1 amide bonds. The zero-order valence-corrected chi connectivity index (χ0v) is 13.9. The standard InChI is InChI=1S/C18H20N2O2.ClH/c1-14-13-20(11-10-19-14)18(21)15-6-5-9-17(12-15)22-16-7-3-2-4-8-16;/h2-9,12,14,19H,10-11,13H2,1H3;1H. The third-order valence-electron chi connectivity index (χ3n) is 3.72. The van der Waals surface area contributed by atoms with E-state index in [1.165, 1.54) is 0 Å². The van der Waals surface area contributed by atoms with Gasteiger partial charge in [-0.05, 0) is 37.3 Å². The van der Waals surface area contributed by atoms with Crippen molar-refractivity contribution in [2.45, 2.75) is 13.0 Å². The molecule has 4 nitrogen and oxygen atoms in total. The molecule has 0 spiro atoms. The van der Waals surface area contributed by atoms with Gasteiger partial charge in [0.15, 0.2) is 0 Å². The number of hydrogen-bond acceptors (Lipinski definition) is 3. The van der Waals surface area contributed by atoms with Crippen LogP contribution < -0.4 is 10.1 Å². The molecule has 1 saturated heterocycles. The normalized spacial score (nSPS) is 17.3. The Kier molecular flexibility index (Phi) is 6.02. The summed E-state index contributed by atoms with van der Waals surface area (Å²) < 4.78 is 5.79. The average Bonchev–Trinajstić information content (AvgIpc) is 2.55. The molecule has 5 heteroatoms. The van der Waals surface area contributed by atoms with Gasteiger partial charge in [-0.3, -0.25) is 4.79 Å². The Hall–Kier alpha value is -2.04. The van der Waals surface area contributed by atoms with E-state index in [4.69, 9.17) is 4.74 Å². The first-order chi connectivity index (χ1) is 10.7. The first kappa shape index (κ1) is 17.3. The summed E-state index contributed by atoms with van der Waals surface area (Å²) in [5.74, 6) is 1.51. The van der Waals surface area contributed by atoms with E-state index in [1.54, 1.807) is 0 Å². The topological polar surface area (TPSA) is 41.6 Å². The van der Waals surface area contributed by atoms with Crippen LogP contribution >= 0.6 is 12.4 Å². The molecule has 122 valence electrons. The number of nitrogens with zero attached hydrogens (tertiary/aromatic N) is 1. The number of rotatable bonds is 3. The molecule has 23 heavy (non-hydrogen) atoms. The highest BCUT2D eigenvalue weighted by Gasteiger charge is 2.21. The van der Waals surface area contributed by atoms with Gasteiger partial charge in [-0.15, -0.1) is 12.4 Å². The van der Waals surface area contributed by atoms with Crippen LogP contribution in [-0.2, 0) is 0 Å². The highest BCUT2D eigenvalue weighted by atomic mass is 35.5. The van der Waals surface area contributed by atoms with Crippen LogP contribution in [0.4, 0.5) is 0 Å². The van der Waals surface area contributed by atoms with Crippen molar-refractivity contribution >= 4 is 18.3 Å². The Bertz CT molecular complexity index is 648. The lowest BCUT2D eigenvalue weighted by atomic mass is 10.1. The molecule has 1 atom stereocenters. The van der Waals surface area contributed by atoms with Gasteiger partial charge in [0.2, 0.25) is 0 Å². The number of nitrogens with one attached hydrogen (secondary N) is 1. The van der Waals surface area contributed by atoms with Crippen molar-refractivity contribution in [2.24, 2.45) is 0 Å². The molecule has 1 fully saturated rings. The average molecular weight is 333 g/mol. The Morgan fingerprint density at radius 3 is 2.61 bits per heavy atom. The van der Waals surface area contributed by atoms with Crippen LogP contribution in [0.25, 0.3) is 0 Å². The summed E-state index contributed by atoms with van der Waals surface area (Å²) in [6.07, 6.45) is 0. The maximum Gasteiger partial charge on any atom is 0.254 e. The van der Waals surface area contributed by atoms with E-state index in [0.717, 1.165) is 25.4 Å². The zero-order chi connectivity index (χ0) is 15.4. The molecule has 1 N–H and O–H groups in total. The SMILES string of the molecule is CC1CN(C(=O)c2cccc(Oc3ccccc3)c2)CCN1.Cl. The molecule has 1 aliphatic heterocycles. The molecule has 3 rings (SSSR count). The largest absolute Gasteiger partial charge is 0.457 e.